The van der Waals surface area contributed by atoms with Gasteiger partial charge in [-0.1, -0.05) is 0 Å². The van der Waals surface area contributed by atoms with Crippen molar-refractivity contribution in [3.8, 4) is 5.75 Å². The molecule has 1 aromatic carbocycles. The summed E-state index contributed by atoms with van der Waals surface area (Å²) in [7, 11) is -24.8. The maximum atomic E-state index is 10.9. The number of rotatable bonds is 3. The molecule has 0 saturated carbocycles. The zero-order valence-electron chi connectivity index (χ0n) is 12.9. The van der Waals surface area contributed by atoms with Crippen LogP contribution in [0.5, 0.6) is 5.75 Å². The minimum absolute atomic E-state index is 0. The van der Waals surface area contributed by atoms with Crippen molar-refractivity contribution < 1.29 is 79.1 Å². The van der Waals surface area contributed by atoms with Gasteiger partial charge in [-0.25, -0.2) is 0 Å². The van der Waals surface area contributed by atoms with Gasteiger partial charge in [0, 0.05) is 0 Å². The van der Waals surface area contributed by atoms with Crippen LogP contribution < -0.4 is 0 Å². The van der Waals surface area contributed by atoms with Crippen molar-refractivity contribution in [2.75, 3.05) is 0 Å². The number of aromatic hydroxyl groups is 1. The summed E-state index contributed by atoms with van der Waals surface area (Å²) in [5.41, 5.74) is 0. The van der Waals surface area contributed by atoms with Gasteiger partial charge in [0.15, 0.2) is 5.75 Å². The van der Waals surface area contributed by atoms with Gasteiger partial charge >= 0.3 is 79.9 Å². The molecule has 0 aliphatic heterocycles. The molecule has 0 heterocycles. The Morgan fingerprint density at radius 3 is 0.806 bits per heavy atom. The number of hydrogen-bond donors (Lipinski definition) is 8. The summed E-state index contributed by atoms with van der Waals surface area (Å²) in [6, 6.07) is 0.239. The van der Waals surface area contributed by atoms with E-state index < -0.39 is 71.6 Å². The van der Waals surface area contributed by atoms with Gasteiger partial charge in [-0.05, 0) is 12.1 Å². The van der Waals surface area contributed by atoms with E-state index in [2.05, 4.69) is 0 Å². The first-order valence-electron chi connectivity index (χ1n) is 5.44. The first-order chi connectivity index (χ1) is 12.2. The molecule has 31 heavy (non-hydrogen) atoms. The Bertz CT molecular complexity index is 1170. The molecule has 0 unspecified atom stereocenters. The quantitative estimate of drug-likeness (QED) is 0.127. The Hall–Kier alpha value is 0.490. The van der Waals surface area contributed by atoms with Gasteiger partial charge in [0.05, 0.1) is 4.90 Å². The molecule has 0 fully saturated rings. The van der Waals surface area contributed by atoms with Crippen molar-refractivity contribution in [1.29, 1.82) is 0 Å². The summed E-state index contributed by atoms with van der Waals surface area (Å²) in [5.74, 6) is -1.59. The van der Waals surface area contributed by atoms with Crippen molar-refractivity contribution in [2.45, 2.75) is 14.7 Å². The van der Waals surface area contributed by atoms with Crippen LogP contribution in [0.15, 0.2) is 26.8 Å². The Labute approximate surface area is 219 Å². The fourth-order valence-corrected chi connectivity index (χ4v) is 3.11. The average Bonchev–Trinajstić information content (AvgIpc) is 2.30. The summed E-state index contributed by atoms with van der Waals surface area (Å²) in [6.07, 6.45) is 0. The third-order valence-electron chi connectivity index (χ3n) is 1.87. The Kier molecular flexibility index (Phi) is 16.7. The monoisotopic (exact) mass is 578 g/mol. The van der Waals surface area contributed by atoms with Crippen molar-refractivity contribution >= 4 is 110 Å². The van der Waals surface area contributed by atoms with Crippen molar-refractivity contribution in [2.24, 2.45) is 0 Å². The van der Waals surface area contributed by atoms with Gasteiger partial charge in [-0.3, -0.25) is 31.9 Å². The summed E-state index contributed by atoms with van der Waals surface area (Å²) < 4.78 is 154. The zero-order valence-corrected chi connectivity index (χ0v) is 16.9. The Morgan fingerprint density at radius 1 is 0.484 bits per heavy atom. The Balaban J connectivity index is -0.000000255. The molecule has 176 valence electrons. The van der Waals surface area contributed by atoms with E-state index in [4.69, 9.17) is 48.7 Å². The molecule has 0 aliphatic rings. The fraction of sp³-hybridized carbons (Fsp3) is 0. The summed E-state index contributed by atoms with van der Waals surface area (Å²) in [5, 5.41) is 9.30. The first kappa shape index (κ1) is 38.7. The third kappa shape index (κ3) is 20.8. The van der Waals surface area contributed by atoms with Gasteiger partial charge in [0.1, 0.15) is 9.79 Å². The predicted molar refractivity (Wildman–Crippen MR) is 100 cm³/mol. The molecule has 1 aromatic rings. The molecule has 25 heteroatoms. The van der Waals surface area contributed by atoms with Gasteiger partial charge in [0.25, 0.3) is 30.4 Å². The summed E-state index contributed by atoms with van der Waals surface area (Å²) >= 11 is 0. The van der Waals surface area contributed by atoms with Crippen molar-refractivity contribution in [3.05, 3.63) is 12.1 Å². The van der Waals surface area contributed by atoms with Crippen molar-refractivity contribution in [3.63, 3.8) is 0 Å². The van der Waals surface area contributed by atoms with Gasteiger partial charge in [-0.15, -0.1) is 0 Å². The van der Waals surface area contributed by atoms with Gasteiger partial charge in [0.2, 0.25) is 0 Å². The van der Waals surface area contributed by atoms with Crippen LogP contribution in [0.25, 0.3) is 0 Å². The topological polar surface area (TPSA) is 333 Å². The van der Waals surface area contributed by atoms with Crippen LogP contribution in [0, 0.1) is 0 Å². The number of phenols is 1. The summed E-state index contributed by atoms with van der Waals surface area (Å²) in [6.45, 7) is 0. The maximum absolute atomic E-state index is 10.9. The zero-order chi connectivity index (χ0) is 24.2. The van der Waals surface area contributed by atoms with Crippen LogP contribution in [0.2, 0.25) is 0 Å². The molecule has 0 spiro atoms. The van der Waals surface area contributed by atoms with E-state index in [1.807, 2.05) is 0 Å². The Morgan fingerprint density at radius 2 is 0.677 bits per heavy atom. The molecule has 0 radical (unpaired) electrons. The molecule has 0 bridgehead atoms. The number of hydrogen-bond acceptors (Lipinski definition) is 11. The first-order valence-corrected chi connectivity index (χ1v) is 12.5. The molecule has 1 rings (SSSR count). The van der Waals surface area contributed by atoms with E-state index in [1.165, 1.54) is 0 Å². The van der Waals surface area contributed by atoms with Gasteiger partial charge in [-0.2, -0.15) is 42.1 Å². The van der Waals surface area contributed by atoms with Gasteiger partial charge < -0.3 is 5.11 Å². The predicted octanol–water partition coefficient (Wildman–Crippen LogP) is -3.47. The van der Waals surface area contributed by atoms with Crippen molar-refractivity contribution in [1.82, 2.24) is 0 Å². The van der Waals surface area contributed by atoms with Crippen LogP contribution in [0.3, 0.4) is 0 Å². The van der Waals surface area contributed by atoms with Crippen LogP contribution in [0.1, 0.15) is 0 Å². The second-order valence-electron chi connectivity index (χ2n) is 4.09. The molecule has 0 saturated heterocycles. The molecule has 8 N–H and O–H groups in total. The second kappa shape index (κ2) is 13.4. The van der Waals surface area contributed by atoms with E-state index in [9.17, 15) is 30.4 Å². The molecule has 0 aromatic heterocycles. The molecule has 18 nitrogen and oxygen atoms in total. The third-order valence-corrected chi connectivity index (χ3v) is 4.43. The minimum atomic E-state index is -5.20. The van der Waals surface area contributed by atoms with E-state index in [0.717, 1.165) is 0 Å². The molecule has 0 aliphatic carbocycles. The summed E-state index contributed by atoms with van der Waals surface area (Å²) in [4.78, 5) is -4.27. The fourth-order valence-electron chi connectivity index (χ4n) is 1.10. The average molecular weight is 578 g/mol. The normalized spacial score (nSPS) is 12.0. The molecular formula is C6H12Na2O18S5. The van der Waals surface area contributed by atoms with Crippen LogP contribution in [0.4, 0.5) is 0 Å². The molecular weight excluding hydrogens is 566 g/mol. The second-order valence-corrected chi connectivity index (χ2v) is 10.1. The van der Waals surface area contributed by atoms with Crippen LogP contribution in [-0.4, -0.2) is 138 Å². The van der Waals surface area contributed by atoms with E-state index in [0.29, 0.717) is 0 Å². The molecule has 0 amide bonds. The molecule has 0 atom stereocenters. The van der Waals surface area contributed by atoms with E-state index in [-0.39, 0.29) is 71.2 Å². The SMILES string of the molecule is O=S(=O)(O)O.O=S(=O)(O)O.O=S(=O)(O)c1cc(S(=O)(=O)O)c(O)c(S(=O)(=O)O)c1.[NaH].[NaH]. The standard InChI is InChI=1S/C6H6O10S3.2Na.2H2O4S.2H/c7-6-4(18(11,12)13)1-3(17(8,9)10)2-5(6)19(14,15)16;;;2*1-5(2,3)4;;/h1-2,7H,(H,8,9,10)(H,11,12,13)(H,14,15,16);;;2*(H2,1,2,3,4);;. The van der Waals surface area contributed by atoms with E-state index in [1.54, 1.807) is 0 Å². The van der Waals surface area contributed by atoms with E-state index >= 15 is 0 Å². The van der Waals surface area contributed by atoms with Crippen LogP contribution in [-0.2, 0) is 51.2 Å². The number of phenolic OH excluding ortho intramolecular Hbond substituents is 1. The number of benzene rings is 1. The van der Waals surface area contributed by atoms with Crippen LogP contribution >= 0.6 is 0 Å².